The van der Waals surface area contributed by atoms with Crippen LogP contribution in [0, 0.1) is 0 Å². The summed E-state index contributed by atoms with van der Waals surface area (Å²) in [6, 6.07) is 8.42. The first-order chi connectivity index (χ1) is 8.66. The topological polar surface area (TPSA) is 40.5 Å². The van der Waals surface area contributed by atoms with E-state index in [1.54, 1.807) is 0 Å². The summed E-state index contributed by atoms with van der Waals surface area (Å²) in [6.07, 6.45) is 4.78. The van der Waals surface area contributed by atoms with E-state index in [0.29, 0.717) is 6.54 Å². The van der Waals surface area contributed by atoms with E-state index in [4.69, 9.17) is 5.11 Å². The molecular weight excluding hydrogens is 226 g/mol. The summed E-state index contributed by atoms with van der Waals surface area (Å²) in [6.45, 7) is 3.58. The minimum Gasteiger partial charge on any atom is -0.478 e. The van der Waals surface area contributed by atoms with Gasteiger partial charge >= 0.3 is 5.97 Å². The van der Waals surface area contributed by atoms with Crippen LogP contribution in [0.4, 0.5) is 5.69 Å². The first-order valence-electron chi connectivity index (χ1n) is 6.40. The molecule has 0 bridgehead atoms. The van der Waals surface area contributed by atoms with Crippen LogP contribution in [0.25, 0.3) is 0 Å². The Balaban J connectivity index is 2.20. The van der Waals surface area contributed by atoms with E-state index in [9.17, 15) is 4.79 Å². The maximum absolute atomic E-state index is 10.7. The van der Waals surface area contributed by atoms with Gasteiger partial charge in [-0.15, -0.1) is 0 Å². The molecule has 1 aromatic rings. The normalized spacial score (nSPS) is 16.1. The number of aryl methyl sites for hydroxylation is 1. The van der Waals surface area contributed by atoms with E-state index in [0.717, 1.165) is 25.0 Å². The van der Waals surface area contributed by atoms with Crippen LogP contribution in [-0.2, 0) is 11.2 Å². The highest BCUT2D eigenvalue weighted by atomic mass is 16.4. The first kappa shape index (κ1) is 12.7. The Labute approximate surface area is 108 Å². The van der Waals surface area contributed by atoms with Crippen molar-refractivity contribution >= 4 is 11.7 Å². The standard InChI is InChI=1S/C15H19NO2/c1-12(10-15(17)18)11-16-9-5-4-7-13-6-2-3-8-14(13)16/h2-3,6,8,10H,4-5,7,9,11H2,1H3,(H,17,18). The van der Waals surface area contributed by atoms with Crippen molar-refractivity contribution in [2.24, 2.45) is 0 Å². The Hall–Kier alpha value is -1.77. The fourth-order valence-corrected chi connectivity index (χ4v) is 2.49. The molecule has 0 unspecified atom stereocenters. The van der Waals surface area contributed by atoms with Crippen LogP contribution in [0.15, 0.2) is 35.9 Å². The summed E-state index contributed by atoms with van der Waals surface area (Å²) < 4.78 is 0. The van der Waals surface area contributed by atoms with Crippen LogP contribution in [0.2, 0.25) is 0 Å². The van der Waals surface area contributed by atoms with Crippen molar-refractivity contribution in [1.82, 2.24) is 0 Å². The lowest BCUT2D eigenvalue weighted by Crippen LogP contribution is -2.26. The van der Waals surface area contributed by atoms with Gasteiger partial charge in [0.2, 0.25) is 0 Å². The third kappa shape index (κ3) is 3.13. The number of rotatable bonds is 3. The van der Waals surface area contributed by atoms with Crippen LogP contribution in [0.3, 0.4) is 0 Å². The van der Waals surface area contributed by atoms with Crippen molar-refractivity contribution in [3.8, 4) is 0 Å². The molecule has 1 aliphatic rings. The summed E-state index contributed by atoms with van der Waals surface area (Å²) in [7, 11) is 0. The zero-order valence-corrected chi connectivity index (χ0v) is 10.7. The second kappa shape index (κ2) is 5.71. The number of aliphatic carboxylic acids is 1. The van der Waals surface area contributed by atoms with Crippen LogP contribution in [-0.4, -0.2) is 24.2 Å². The van der Waals surface area contributed by atoms with E-state index in [1.807, 2.05) is 13.0 Å². The van der Waals surface area contributed by atoms with Crippen molar-refractivity contribution < 1.29 is 9.90 Å². The molecule has 18 heavy (non-hydrogen) atoms. The summed E-state index contributed by atoms with van der Waals surface area (Å²) >= 11 is 0. The highest BCUT2D eigenvalue weighted by Crippen LogP contribution is 2.26. The minimum atomic E-state index is -0.865. The van der Waals surface area contributed by atoms with Crippen LogP contribution < -0.4 is 4.90 Å². The number of para-hydroxylation sites is 1. The van der Waals surface area contributed by atoms with Crippen molar-refractivity contribution in [2.75, 3.05) is 18.0 Å². The van der Waals surface area contributed by atoms with Gasteiger partial charge in [0.25, 0.3) is 0 Å². The molecule has 0 spiro atoms. The molecule has 0 saturated carbocycles. The van der Waals surface area contributed by atoms with Crippen LogP contribution in [0.1, 0.15) is 25.3 Å². The van der Waals surface area contributed by atoms with Crippen molar-refractivity contribution in [3.63, 3.8) is 0 Å². The molecule has 1 aromatic carbocycles. The minimum absolute atomic E-state index is 0.698. The maximum atomic E-state index is 10.7. The number of carbonyl (C=O) groups is 1. The van der Waals surface area contributed by atoms with E-state index in [2.05, 4.69) is 23.1 Å². The Bertz CT molecular complexity index is 465. The molecule has 3 heteroatoms. The monoisotopic (exact) mass is 245 g/mol. The predicted octanol–water partition coefficient (Wildman–Crippen LogP) is 2.86. The number of benzene rings is 1. The van der Waals surface area contributed by atoms with Crippen molar-refractivity contribution in [3.05, 3.63) is 41.5 Å². The molecule has 3 nitrogen and oxygen atoms in total. The van der Waals surface area contributed by atoms with Gasteiger partial charge < -0.3 is 10.0 Å². The SMILES string of the molecule is CC(=CC(=O)O)CN1CCCCc2ccccc21. The molecule has 0 radical (unpaired) electrons. The highest BCUT2D eigenvalue weighted by molar-refractivity contribution is 5.80. The van der Waals surface area contributed by atoms with Crippen LogP contribution in [0.5, 0.6) is 0 Å². The molecule has 96 valence electrons. The second-order valence-corrected chi connectivity index (χ2v) is 4.84. The highest BCUT2D eigenvalue weighted by Gasteiger charge is 2.14. The molecular formula is C15H19NO2. The predicted molar refractivity (Wildman–Crippen MR) is 73.0 cm³/mol. The van der Waals surface area contributed by atoms with E-state index in [-0.39, 0.29) is 0 Å². The molecule has 2 rings (SSSR count). The average Bonchev–Trinajstić information content (AvgIpc) is 2.51. The summed E-state index contributed by atoms with van der Waals surface area (Å²) in [4.78, 5) is 13.0. The lowest BCUT2D eigenvalue weighted by molar-refractivity contribution is -0.131. The summed E-state index contributed by atoms with van der Waals surface area (Å²) in [5.74, 6) is -0.865. The Morgan fingerprint density at radius 3 is 2.94 bits per heavy atom. The Morgan fingerprint density at radius 1 is 1.39 bits per heavy atom. The summed E-state index contributed by atoms with van der Waals surface area (Å²) in [5.41, 5.74) is 3.52. The van der Waals surface area contributed by atoms with Gasteiger partial charge in [0.1, 0.15) is 0 Å². The van der Waals surface area contributed by atoms with Crippen molar-refractivity contribution in [1.29, 1.82) is 0 Å². The fraction of sp³-hybridized carbons (Fsp3) is 0.400. The van der Waals surface area contributed by atoms with Crippen molar-refractivity contribution in [2.45, 2.75) is 26.2 Å². The number of hydrogen-bond donors (Lipinski definition) is 1. The average molecular weight is 245 g/mol. The molecule has 0 aromatic heterocycles. The van der Waals surface area contributed by atoms with Gasteiger partial charge in [-0.3, -0.25) is 0 Å². The van der Waals surface area contributed by atoms with Gasteiger partial charge in [0.05, 0.1) is 0 Å². The van der Waals surface area contributed by atoms with Gasteiger partial charge in [-0.1, -0.05) is 18.2 Å². The lowest BCUT2D eigenvalue weighted by Gasteiger charge is -2.25. The quantitative estimate of drug-likeness (QED) is 0.832. The van der Waals surface area contributed by atoms with Gasteiger partial charge in [-0.2, -0.15) is 0 Å². The second-order valence-electron chi connectivity index (χ2n) is 4.84. The zero-order valence-electron chi connectivity index (χ0n) is 10.7. The van der Waals surface area contributed by atoms with Gasteiger partial charge in [-0.05, 0) is 43.4 Å². The molecule has 1 N–H and O–H groups in total. The number of hydrogen-bond acceptors (Lipinski definition) is 2. The van der Waals surface area contributed by atoms with Crippen LogP contribution >= 0.6 is 0 Å². The number of anilines is 1. The van der Waals surface area contributed by atoms with Gasteiger partial charge in [0, 0.05) is 24.9 Å². The first-order valence-corrected chi connectivity index (χ1v) is 6.40. The Kier molecular flexibility index (Phi) is 4.03. The number of carboxylic acid groups (broad SMARTS) is 1. The molecule has 1 heterocycles. The zero-order chi connectivity index (χ0) is 13.0. The molecule has 0 aliphatic carbocycles. The fourth-order valence-electron chi connectivity index (χ4n) is 2.49. The molecule has 0 atom stereocenters. The number of nitrogens with zero attached hydrogens (tertiary/aromatic N) is 1. The number of fused-ring (bicyclic) bond motifs is 1. The Morgan fingerprint density at radius 2 is 2.17 bits per heavy atom. The molecule has 0 fully saturated rings. The molecule has 0 amide bonds. The summed E-state index contributed by atoms with van der Waals surface area (Å²) in [5, 5.41) is 8.77. The van der Waals surface area contributed by atoms with Gasteiger partial charge in [0.15, 0.2) is 0 Å². The molecule has 0 saturated heterocycles. The number of carboxylic acids is 1. The maximum Gasteiger partial charge on any atom is 0.328 e. The third-order valence-corrected chi connectivity index (χ3v) is 3.27. The van der Waals surface area contributed by atoms with E-state index >= 15 is 0 Å². The molecule has 1 aliphatic heterocycles. The largest absolute Gasteiger partial charge is 0.478 e. The smallest absolute Gasteiger partial charge is 0.328 e. The van der Waals surface area contributed by atoms with Gasteiger partial charge in [-0.25, -0.2) is 4.79 Å². The lowest BCUT2D eigenvalue weighted by atomic mass is 10.1. The van der Waals surface area contributed by atoms with E-state index in [1.165, 1.54) is 23.7 Å². The van der Waals surface area contributed by atoms with E-state index < -0.39 is 5.97 Å². The third-order valence-electron chi connectivity index (χ3n) is 3.27.